The van der Waals surface area contributed by atoms with E-state index >= 15 is 0 Å². The van der Waals surface area contributed by atoms with E-state index in [-0.39, 0.29) is 5.91 Å². The molecule has 28 heavy (non-hydrogen) atoms. The third-order valence-electron chi connectivity index (χ3n) is 4.01. The van der Waals surface area contributed by atoms with E-state index in [1.165, 1.54) is 6.33 Å². The summed E-state index contributed by atoms with van der Waals surface area (Å²) in [5.74, 6) is 1.80. The molecule has 0 aliphatic rings. The number of anilines is 1. The first-order valence-electron chi connectivity index (χ1n) is 8.69. The average Bonchev–Trinajstić information content (AvgIpc) is 3.04. The van der Waals surface area contributed by atoms with E-state index in [2.05, 4.69) is 41.6 Å². The highest BCUT2D eigenvalue weighted by atomic mass is 79.9. The molecule has 0 atom stereocenters. The highest BCUT2D eigenvalue weighted by Crippen LogP contribution is 2.22. The van der Waals surface area contributed by atoms with Crippen molar-refractivity contribution in [3.8, 4) is 11.6 Å². The maximum Gasteiger partial charge on any atom is 0.252 e. The molecular formula is C19H21BrN6O2. The Labute approximate surface area is 171 Å². The number of hydrogen-bond acceptors (Lipinski definition) is 6. The van der Waals surface area contributed by atoms with Gasteiger partial charge in [-0.2, -0.15) is 5.10 Å². The summed E-state index contributed by atoms with van der Waals surface area (Å²) < 4.78 is 7.65. The summed E-state index contributed by atoms with van der Waals surface area (Å²) in [7, 11) is 1.57. The number of benzene rings is 1. The van der Waals surface area contributed by atoms with Crippen LogP contribution in [0.25, 0.3) is 5.82 Å². The summed E-state index contributed by atoms with van der Waals surface area (Å²) in [4.78, 5) is 20.8. The molecule has 0 bridgehead atoms. The Kier molecular flexibility index (Phi) is 6.25. The fraction of sp³-hybridized carbons (Fsp3) is 0.263. The fourth-order valence-electron chi connectivity index (χ4n) is 2.69. The maximum atomic E-state index is 12.4. The molecule has 2 N–H and O–H groups in total. The van der Waals surface area contributed by atoms with Crippen molar-refractivity contribution in [2.45, 2.75) is 13.8 Å². The Morgan fingerprint density at radius 3 is 2.71 bits per heavy atom. The lowest BCUT2D eigenvalue weighted by Gasteiger charge is -2.10. The average molecular weight is 445 g/mol. The smallest absolute Gasteiger partial charge is 0.252 e. The van der Waals surface area contributed by atoms with Crippen LogP contribution in [0.15, 0.2) is 41.1 Å². The van der Waals surface area contributed by atoms with Gasteiger partial charge in [0, 0.05) is 29.3 Å². The molecule has 1 aromatic carbocycles. The number of carbonyl (C=O) groups excluding carboxylic acids is 1. The first kappa shape index (κ1) is 19.8. The molecule has 0 spiro atoms. The third-order valence-corrected chi connectivity index (χ3v) is 4.71. The van der Waals surface area contributed by atoms with E-state index in [0.717, 1.165) is 11.4 Å². The molecule has 3 aromatic rings. The number of nitrogens with one attached hydrogen (secondary N) is 2. The van der Waals surface area contributed by atoms with Crippen LogP contribution in [0.1, 0.15) is 21.7 Å². The first-order chi connectivity index (χ1) is 13.5. The van der Waals surface area contributed by atoms with Gasteiger partial charge in [-0.15, -0.1) is 0 Å². The fourth-order valence-corrected chi connectivity index (χ4v) is 3.11. The van der Waals surface area contributed by atoms with Crippen LogP contribution in [-0.2, 0) is 0 Å². The standard InChI is InChI=1S/C19H21BrN6O2/c1-12-8-13(2)26(25-12)18-10-17(23-11-24-18)21-6-7-22-19(27)15-9-14(28-3)4-5-16(15)20/h4-5,8-11H,6-7H2,1-3H3,(H,22,27)(H,21,23,24). The van der Waals surface area contributed by atoms with Gasteiger partial charge in [0.25, 0.3) is 5.91 Å². The van der Waals surface area contributed by atoms with Gasteiger partial charge in [-0.1, -0.05) is 0 Å². The van der Waals surface area contributed by atoms with Gasteiger partial charge in [-0.3, -0.25) is 4.79 Å². The van der Waals surface area contributed by atoms with Crippen molar-refractivity contribution in [2.75, 3.05) is 25.5 Å². The van der Waals surface area contributed by atoms with E-state index in [4.69, 9.17) is 4.74 Å². The number of aromatic nitrogens is 4. The molecule has 0 saturated heterocycles. The molecule has 0 saturated carbocycles. The van der Waals surface area contributed by atoms with Crippen molar-refractivity contribution in [3.05, 3.63) is 58.1 Å². The molecule has 0 aliphatic carbocycles. The SMILES string of the molecule is COc1ccc(Br)c(C(=O)NCCNc2cc(-n3nc(C)cc3C)ncn2)c1. The van der Waals surface area contributed by atoms with Crippen LogP contribution in [0.3, 0.4) is 0 Å². The number of nitrogens with zero attached hydrogens (tertiary/aromatic N) is 4. The minimum Gasteiger partial charge on any atom is -0.497 e. The van der Waals surface area contributed by atoms with Crippen molar-refractivity contribution in [3.63, 3.8) is 0 Å². The predicted octanol–water partition coefficient (Wildman–Crippen LogP) is 2.89. The normalized spacial score (nSPS) is 10.6. The van der Waals surface area contributed by atoms with Gasteiger partial charge in [0.1, 0.15) is 17.9 Å². The van der Waals surface area contributed by atoms with E-state index in [1.54, 1.807) is 30.0 Å². The summed E-state index contributed by atoms with van der Waals surface area (Å²) >= 11 is 3.39. The van der Waals surface area contributed by atoms with Crippen molar-refractivity contribution in [2.24, 2.45) is 0 Å². The highest BCUT2D eigenvalue weighted by Gasteiger charge is 2.11. The molecule has 1 amide bonds. The van der Waals surface area contributed by atoms with Crippen LogP contribution in [0.5, 0.6) is 5.75 Å². The van der Waals surface area contributed by atoms with Crippen LogP contribution < -0.4 is 15.4 Å². The quantitative estimate of drug-likeness (QED) is 0.544. The lowest BCUT2D eigenvalue weighted by Crippen LogP contribution is -2.29. The lowest BCUT2D eigenvalue weighted by molar-refractivity contribution is 0.0954. The van der Waals surface area contributed by atoms with Gasteiger partial charge < -0.3 is 15.4 Å². The molecule has 2 aromatic heterocycles. The number of ether oxygens (including phenoxy) is 1. The van der Waals surface area contributed by atoms with Crippen molar-refractivity contribution in [1.29, 1.82) is 0 Å². The van der Waals surface area contributed by atoms with Gasteiger partial charge >= 0.3 is 0 Å². The Morgan fingerprint density at radius 2 is 2.00 bits per heavy atom. The van der Waals surface area contributed by atoms with Gasteiger partial charge in [-0.05, 0) is 54.0 Å². The number of amides is 1. The molecule has 8 nitrogen and oxygen atoms in total. The zero-order chi connectivity index (χ0) is 20.1. The van der Waals surface area contributed by atoms with Crippen LogP contribution in [0.2, 0.25) is 0 Å². The second-order valence-electron chi connectivity index (χ2n) is 6.13. The minimum atomic E-state index is -0.182. The van der Waals surface area contributed by atoms with E-state index in [9.17, 15) is 4.79 Å². The van der Waals surface area contributed by atoms with Crippen molar-refractivity contribution in [1.82, 2.24) is 25.1 Å². The molecule has 3 rings (SSSR count). The highest BCUT2D eigenvalue weighted by molar-refractivity contribution is 9.10. The van der Waals surface area contributed by atoms with E-state index in [0.29, 0.717) is 40.5 Å². The number of rotatable bonds is 7. The number of aryl methyl sites for hydroxylation is 2. The van der Waals surface area contributed by atoms with Crippen LogP contribution >= 0.6 is 15.9 Å². The Bertz CT molecular complexity index is 988. The number of halogens is 1. The van der Waals surface area contributed by atoms with Crippen LogP contribution in [-0.4, -0.2) is 45.9 Å². The predicted molar refractivity (Wildman–Crippen MR) is 110 cm³/mol. The lowest BCUT2D eigenvalue weighted by atomic mass is 10.2. The van der Waals surface area contributed by atoms with Gasteiger partial charge in [0.15, 0.2) is 5.82 Å². The maximum absolute atomic E-state index is 12.4. The van der Waals surface area contributed by atoms with Gasteiger partial charge in [0.2, 0.25) is 0 Å². The number of methoxy groups -OCH3 is 1. The van der Waals surface area contributed by atoms with E-state index < -0.39 is 0 Å². The molecule has 2 heterocycles. The Balaban J connectivity index is 1.56. The third kappa shape index (κ3) is 4.66. The molecular weight excluding hydrogens is 424 g/mol. The monoisotopic (exact) mass is 444 g/mol. The molecule has 0 unspecified atom stereocenters. The van der Waals surface area contributed by atoms with Gasteiger partial charge in [0.05, 0.1) is 18.4 Å². The second kappa shape index (κ2) is 8.83. The summed E-state index contributed by atoms with van der Waals surface area (Å²) in [6.45, 7) is 4.86. The molecule has 146 valence electrons. The van der Waals surface area contributed by atoms with Gasteiger partial charge in [-0.25, -0.2) is 14.6 Å². The molecule has 0 aliphatic heterocycles. The molecule has 0 radical (unpaired) electrons. The Hall–Kier alpha value is -2.94. The summed E-state index contributed by atoms with van der Waals surface area (Å²) in [5, 5.41) is 10.5. The minimum absolute atomic E-state index is 0.182. The zero-order valence-electron chi connectivity index (χ0n) is 15.9. The summed E-state index contributed by atoms with van der Waals surface area (Å²) in [6, 6.07) is 9.07. The molecule has 9 heteroatoms. The summed E-state index contributed by atoms with van der Waals surface area (Å²) in [5.41, 5.74) is 2.45. The van der Waals surface area contributed by atoms with E-state index in [1.807, 2.05) is 26.0 Å². The van der Waals surface area contributed by atoms with Crippen molar-refractivity contribution < 1.29 is 9.53 Å². The largest absolute Gasteiger partial charge is 0.497 e. The second-order valence-corrected chi connectivity index (χ2v) is 6.98. The molecule has 0 fully saturated rings. The Morgan fingerprint density at radius 1 is 1.18 bits per heavy atom. The zero-order valence-corrected chi connectivity index (χ0v) is 17.4. The first-order valence-corrected chi connectivity index (χ1v) is 9.48. The summed E-state index contributed by atoms with van der Waals surface area (Å²) in [6.07, 6.45) is 1.49. The number of hydrogen-bond donors (Lipinski definition) is 2. The van der Waals surface area contributed by atoms with Crippen LogP contribution in [0, 0.1) is 13.8 Å². The van der Waals surface area contributed by atoms with Crippen molar-refractivity contribution >= 4 is 27.7 Å². The number of carbonyl (C=O) groups is 1. The topological polar surface area (TPSA) is 94.0 Å². The van der Waals surface area contributed by atoms with Crippen LogP contribution in [0.4, 0.5) is 5.82 Å².